The van der Waals surface area contributed by atoms with E-state index in [4.69, 9.17) is 13.9 Å². The molecule has 22 heavy (non-hydrogen) atoms. The van der Waals surface area contributed by atoms with Gasteiger partial charge in [0.15, 0.2) is 0 Å². The maximum Gasteiger partial charge on any atom is 0.336 e. The molecule has 1 saturated heterocycles. The van der Waals surface area contributed by atoms with Crippen LogP contribution in [0.4, 0.5) is 0 Å². The monoisotopic (exact) mass is 302 g/mol. The van der Waals surface area contributed by atoms with Crippen molar-refractivity contribution in [2.24, 2.45) is 5.92 Å². The summed E-state index contributed by atoms with van der Waals surface area (Å²) in [5.41, 5.74) is 1.79. The lowest BCUT2D eigenvalue weighted by Gasteiger charge is -2.13. The minimum Gasteiger partial charge on any atom is -0.426 e. The normalized spacial score (nSPS) is 17.8. The van der Waals surface area contributed by atoms with E-state index in [1.807, 2.05) is 19.9 Å². The molecule has 5 nitrogen and oxygen atoms in total. The number of carbonyl (C=O) groups excluding carboxylic acids is 1. The first-order valence-electron chi connectivity index (χ1n) is 7.45. The third-order valence-electron chi connectivity index (χ3n) is 3.99. The summed E-state index contributed by atoms with van der Waals surface area (Å²) in [5, 5.41) is 0.862. The zero-order valence-electron chi connectivity index (χ0n) is 12.7. The summed E-state index contributed by atoms with van der Waals surface area (Å²) in [5.74, 6) is -0.0490. The zero-order valence-corrected chi connectivity index (χ0v) is 12.7. The first-order valence-corrected chi connectivity index (χ1v) is 7.45. The second-order valence-electron chi connectivity index (χ2n) is 5.54. The van der Waals surface area contributed by atoms with Gasteiger partial charge in [-0.25, -0.2) is 4.79 Å². The summed E-state index contributed by atoms with van der Waals surface area (Å²) in [6.45, 7) is 4.85. The molecule has 1 unspecified atom stereocenters. The number of fused-ring (bicyclic) bond motifs is 1. The van der Waals surface area contributed by atoms with Crippen LogP contribution in [0.25, 0.3) is 11.0 Å². The maximum absolute atomic E-state index is 12.2. The van der Waals surface area contributed by atoms with E-state index in [1.54, 1.807) is 6.07 Å². The first kappa shape index (κ1) is 14.8. The second-order valence-corrected chi connectivity index (χ2v) is 5.54. The summed E-state index contributed by atoms with van der Waals surface area (Å²) in [7, 11) is 0. The van der Waals surface area contributed by atoms with Crippen molar-refractivity contribution in [2.45, 2.75) is 26.7 Å². The van der Waals surface area contributed by atoms with E-state index in [9.17, 15) is 9.59 Å². The summed E-state index contributed by atoms with van der Waals surface area (Å²) >= 11 is 0. The number of hydrogen-bond donors (Lipinski definition) is 0. The molecule has 1 aliphatic heterocycles. The lowest BCUT2D eigenvalue weighted by Crippen LogP contribution is -2.21. The molecule has 1 atom stereocenters. The molecule has 0 spiro atoms. The van der Waals surface area contributed by atoms with Gasteiger partial charge in [-0.3, -0.25) is 4.79 Å². The van der Waals surface area contributed by atoms with Crippen LogP contribution < -0.4 is 10.4 Å². The summed E-state index contributed by atoms with van der Waals surface area (Å²) in [6.07, 6.45) is 1.40. The largest absolute Gasteiger partial charge is 0.426 e. The third kappa shape index (κ3) is 2.76. The van der Waals surface area contributed by atoms with Crippen molar-refractivity contribution in [3.05, 3.63) is 39.7 Å². The highest BCUT2D eigenvalue weighted by molar-refractivity contribution is 5.84. The Bertz CT molecular complexity index is 768. The Labute approximate surface area is 127 Å². The number of ether oxygens (including phenoxy) is 2. The van der Waals surface area contributed by atoms with Crippen molar-refractivity contribution in [1.29, 1.82) is 0 Å². The summed E-state index contributed by atoms with van der Waals surface area (Å²) in [6, 6.07) is 5.01. The molecule has 1 aromatic heterocycles. The molecule has 0 N–H and O–H groups in total. The van der Waals surface area contributed by atoms with Crippen molar-refractivity contribution >= 4 is 16.9 Å². The van der Waals surface area contributed by atoms with Gasteiger partial charge in [0.1, 0.15) is 11.3 Å². The molecule has 2 heterocycles. The van der Waals surface area contributed by atoms with Gasteiger partial charge in [0.2, 0.25) is 0 Å². The zero-order chi connectivity index (χ0) is 15.7. The van der Waals surface area contributed by atoms with Crippen LogP contribution in [0.15, 0.2) is 27.4 Å². The standard InChI is InChI=1S/C17H18O5/c1-3-11-7-13-10(2)6-16(18)21-15(13)8-14(11)22-17(19)12-4-5-20-9-12/h6-8,12H,3-5,9H2,1-2H3. The predicted molar refractivity (Wildman–Crippen MR) is 81.2 cm³/mol. The summed E-state index contributed by atoms with van der Waals surface area (Å²) in [4.78, 5) is 23.7. The average molecular weight is 302 g/mol. The quantitative estimate of drug-likeness (QED) is 0.495. The van der Waals surface area contributed by atoms with Gasteiger partial charge in [0, 0.05) is 24.1 Å². The third-order valence-corrected chi connectivity index (χ3v) is 3.99. The maximum atomic E-state index is 12.2. The van der Waals surface area contributed by atoms with E-state index in [0.29, 0.717) is 31.0 Å². The molecule has 5 heteroatoms. The van der Waals surface area contributed by atoms with Crippen LogP contribution >= 0.6 is 0 Å². The van der Waals surface area contributed by atoms with E-state index >= 15 is 0 Å². The molecule has 1 aromatic carbocycles. The van der Waals surface area contributed by atoms with Gasteiger partial charge in [-0.2, -0.15) is 0 Å². The second kappa shape index (κ2) is 5.93. The minimum atomic E-state index is -0.407. The number of esters is 1. The molecule has 0 aliphatic carbocycles. The summed E-state index contributed by atoms with van der Waals surface area (Å²) < 4.78 is 16.0. The van der Waals surface area contributed by atoms with Crippen molar-refractivity contribution in [3.8, 4) is 5.75 Å². The van der Waals surface area contributed by atoms with Crippen molar-refractivity contribution in [2.75, 3.05) is 13.2 Å². The molecular formula is C17H18O5. The lowest BCUT2D eigenvalue weighted by molar-refractivity contribution is -0.138. The Morgan fingerprint density at radius 2 is 2.18 bits per heavy atom. The number of rotatable bonds is 3. The molecule has 1 aliphatic rings. The predicted octanol–water partition coefficient (Wildman–Crippen LogP) is 2.61. The molecule has 116 valence electrons. The first-order chi connectivity index (χ1) is 10.6. The van der Waals surface area contributed by atoms with Crippen molar-refractivity contribution < 1.29 is 18.7 Å². The molecule has 0 amide bonds. The number of carbonyl (C=O) groups is 1. The van der Waals surface area contributed by atoms with E-state index in [-0.39, 0.29) is 11.9 Å². The fourth-order valence-electron chi connectivity index (χ4n) is 2.67. The highest BCUT2D eigenvalue weighted by atomic mass is 16.5. The smallest absolute Gasteiger partial charge is 0.336 e. The fraction of sp³-hybridized carbons (Fsp3) is 0.412. The Kier molecular flexibility index (Phi) is 3.98. The lowest BCUT2D eigenvalue weighted by atomic mass is 10.0. The number of benzene rings is 1. The van der Waals surface area contributed by atoms with E-state index < -0.39 is 5.63 Å². The van der Waals surface area contributed by atoms with Gasteiger partial charge in [0.25, 0.3) is 0 Å². The highest BCUT2D eigenvalue weighted by Crippen LogP contribution is 2.29. The molecule has 0 saturated carbocycles. The van der Waals surface area contributed by atoms with Gasteiger partial charge in [0.05, 0.1) is 12.5 Å². The Morgan fingerprint density at radius 1 is 1.36 bits per heavy atom. The Morgan fingerprint density at radius 3 is 2.86 bits per heavy atom. The van der Waals surface area contributed by atoms with Crippen LogP contribution in [0.2, 0.25) is 0 Å². The Balaban J connectivity index is 2.00. The number of hydrogen-bond acceptors (Lipinski definition) is 5. The van der Waals surface area contributed by atoms with E-state index in [2.05, 4.69) is 0 Å². The van der Waals surface area contributed by atoms with Gasteiger partial charge in [-0.1, -0.05) is 6.92 Å². The van der Waals surface area contributed by atoms with E-state index in [1.165, 1.54) is 6.07 Å². The van der Waals surface area contributed by atoms with Crippen molar-refractivity contribution in [1.82, 2.24) is 0 Å². The van der Waals surface area contributed by atoms with Gasteiger partial charge in [-0.15, -0.1) is 0 Å². The average Bonchev–Trinajstić information content (AvgIpc) is 3.00. The minimum absolute atomic E-state index is 0.218. The van der Waals surface area contributed by atoms with Crippen LogP contribution in [0.1, 0.15) is 24.5 Å². The highest BCUT2D eigenvalue weighted by Gasteiger charge is 2.26. The molecule has 1 fully saturated rings. The molecule has 3 rings (SSSR count). The van der Waals surface area contributed by atoms with Gasteiger partial charge in [-0.05, 0) is 37.0 Å². The molecule has 0 bridgehead atoms. The number of aryl methyl sites for hydroxylation is 2. The van der Waals surface area contributed by atoms with Gasteiger partial charge < -0.3 is 13.9 Å². The molecular weight excluding hydrogens is 284 g/mol. The Hall–Kier alpha value is -2.14. The van der Waals surface area contributed by atoms with Crippen LogP contribution in [0, 0.1) is 12.8 Å². The van der Waals surface area contributed by atoms with Crippen molar-refractivity contribution in [3.63, 3.8) is 0 Å². The van der Waals surface area contributed by atoms with Crippen LogP contribution in [-0.2, 0) is 16.0 Å². The van der Waals surface area contributed by atoms with E-state index in [0.717, 1.165) is 22.9 Å². The van der Waals surface area contributed by atoms with Crippen LogP contribution in [0.5, 0.6) is 5.75 Å². The molecule has 2 aromatic rings. The van der Waals surface area contributed by atoms with Crippen LogP contribution in [-0.4, -0.2) is 19.2 Å². The van der Waals surface area contributed by atoms with Crippen LogP contribution in [0.3, 0.4) is 0 Å². The SMILES string of the molecule is CCc1cc2c(C)cc(=O)oc2cc1OC(=O)C1CCOC1. The molecule has 0 radical (unpaired) electrons. The van der Waals surface area contributed by atoms with Gasteiger partial charge >= 0.3 is 11.6 Å². The topological polar surface area (TPSA) is 65.7 Å². The fourth-order valence-corrected chi connectivity index (χ4v) is 2.67.